The van der Waals surface area contributed by atoms with Gasteiger partial charge in [-0.15, -0.1) is 0 Å². The van der Waals surface area contributed by atoms with Crippen molar-refractivity contribution in [3.8, 4) is 0 Å². The number of nitrogens with zero attached hydrogens (tertiary/aromatic N) is 2. The van der Waals surface area contributed by atoms with Crippen molar-refractivity contribution >= 4 is 11.9 Å². The molecule has 96 valence electrons. The van der Waals surface area contributed by atoms with E-state index in [4.69, 9.17) is 4.74 Å². The summed E-state index contributed by atoms with van der Waals surface area (Å²) in [7, 11) is 5.08. The summed E-state index contributed by atoms with van der Waals surface area (Å²) in [6.45, 7) is 1.43. The molecule has 2 unspecified atom stereocenters. The number of hydrogen-bond acceptors (Lipinski definition) is 5. The summed E-state index contributed by atoms with van der Waals surface area (Å²) in [5.41, 5.74) is -0.499. The number of carbonyl (C=O) groups excluding carboxylic acids is 2. The van der Waals surface area contributed by atoms with Crippen LogP contribution in [0.5, 0.6) is 0 Å². The molecule has 2 saturated heterocycles. The van der Waals surface area contributed by atoms with Crippen LogP contribution in [0, 0.1) is 0 Å². The SMILES string of the molecule is COC(=O)COC1CN(C)CCC12C(=O)N2C. The summed E-state index contributed by atoms with van der Waals surface area (Å²) in [5, 5.41) is 0. The number of likely N-dealkylation sites (N-methyl/N-ethyl adjacent to an activating group) is 2. The van der Waals surface area contributed by atoms with E-state index in [9.17, 15) is 9.59 Å². The van der Waals surface area contributed by atoms with Crippen LogP contribution < -0.4 is 0 Å². The highest BCUT2D eigenvalue weighted by molar-refractivity contribution is 6.02. The molecule has 2 aliphatic heterocycles. The molecule has 0 aromatic heterocycles. The van der Waals surface area contributed by atoms with Crippen LogP contribution in [0.1, 0.15) is 6.42 Å². The van der Waals surface area contributed by atoms with Gasteiger partial charge in [0.25, 0.3) is 5.91 Å². The first-order chi connectivity index (χ1) is 8.02. The standard InChI is InChI=1S/C11H18N2O4/c1-12-5-4-11(10(15)13(11)2)8(6-12)17-7-9(14)16-3/h8H,4-7H2,1-3H3. The lowest BCUT2D eigenvalue weighted by molar-refractivity contribution is -0.150. The molecule has 17 heavy (non-hydrogen) atoms. The Morgan fingerprint density at radius 3 is 2.71 bits per heavy atom. The van der Waals surface area contributed by atoms with Crippen molar-refractivity contribution in [2.24, 2.45) is 0 Å². The van der Waals surface area contributed by atoms with Crippen molar-refractivity contribution in [2.45, 2.75) is 18.1 Å². The van der Waals surface area contributed by atoms with E-state index < -0.39 is 11.5 Å². The maximum absolute atomic E-state index is 11.7. The van der Waals surface area contributed by atoms with Crippen LogP contribution in [0.4, 0.5) is 0 Å². The third-order valence-electron chi connectivity index (χ3n) is 3.74. The fourth-order valence-corrected chi connectivity index (χ4v) is 2.49. The topological polar surface area (TPSA) is 58.9 Å². The van der Waals surface area contributed by atoms with Gasteiger partial charge in [-0.1, -0.05) is 0 Å². The van der Waals surface area contributed by atoms with Crippen molar-refractivity contribution < 1.29 is 19.1 Å². The van der Waals surface area contributed by atoms with Crippen LogP contribution in [-0.4, -0.2) is 74.2 Å². The molecule has 0 radical (unpaired) electrons. The van der Waals surface area contributed by atoms with Crippen molar-refractivity contribution in [2.75, 3.05) is 40.9 Å². The molecule has 2 fully saturated rings. The highest BCUT2D eigenvalue weighted by atomic mass is 16.6. The van der Waals surface area contributed by atoms with Gasteiger partial charge < -0.3 is 19.3 Å². The van der Waals surface area contributed by atoms with Crippen molar-refractivity contribution in [3.63, 3.8) is 0 Å². The Hall–Kier alpha value is -1.14. The fraction of sp³-hybridized carbons (Fsp3) is 0.818. The average molecular weight is 242 g/mol. The maximum Gasteiger partial charge on any atom is 0.331 e. The van der Waals surface area contributed by atoms with Crippen molar-refractivity contribution in [1.82, 2.24) is 9.80 Å². The third kappa shape index (κ3) is 1.91. The highest BCUT2D eigenvalue weighted by Crippen LogP contribution is 2.43. The number of methoxy groups -OCH3 is 1. The first-order valence-electron chi connectivity index (χ1n) is 5.67. The van der Waals surface area contributed by atoms with E-state index in [1.807, 2.05) is 7.05 Å². The Morgan fingerprint density at radius 2 is 2.18 bits per heavy atom. The van der Waals surface area contributed by atoms with Crippen LogP contribution in [0.2, 0.25) is 0 Å². The number of amides is 1. The molecule has 1 spiro atoms. The quantitative estimate of drug-likeness (QED) is 0.474. The number of hydrogen-bond donors (Lipinski definition) is 0. The summed E-state index contributed by atoms with van der Waals surface area (Å²) in [5.74, 6) is -0.301. The summed E-state index contributed by atoms with van der Waals surface area (Å²) >= 11 is 0. The van der Waals surface area contributed by atoms with E-state index in [2.05, 4.69) is 9.64 Å². The van der Waals surface area contributed by atoms with Crippen molar-refractivity contribution in [1.29, 1.82) is 0 Å². The van der Waals surface area contributed by atoms with Crippen LogP contribution in [0.3, 0.4) is 0 Å². The molecular formula is C11H18N2O4. The molecule has 2 rings (SSSR count). The lowest BCUT2D eigenvalue weighted by Gasteiger charge is -2.35. The minimum Gasteiger partial charge on any atom is -0.467 e. The van der Waals surface area contributed by atoms with E-state index in [1.165, 1.54) is 7.11 Å². The molecule has 0 aliphatic carbocycles. The monoisotopic (exact) mass is 242 g/mol. The summed E-state index contributed by atoms with van der Waals surface area (Å²) in [6.07, 6.45) is 0.503. The van der Waals surface area contributed by atoms with E-state index in [0.29, 0.717) is 6.54 Å². The Labute approximate surface area is 100 Å². The summed E-state index contributed by atoms with van der Waals surface area (Å²) in [6, 6.07) is 0. The first-order valence-corrected chi connectivity index (χ1v) is 5.67. The molecule has 6 nitrogen and oxygen atoms in total. The van der Waals surface area contributed by atoms with E-state index in [-0.39, 0.29) is 18.6 Å². The zero-order valence-corrected chi connectivity index (χ0v) is 10.4. The first kappa shape index (κ1) is 12.3. The average Bonchev–Trinajstić information content (AvgIpc) is 2.84. The molecule has 0 saturated carbocycles. The van der Waals surface area contributed by atoms with Crippen LogP contribution >= 0.6 is 0 Å². The molecule has 0 aromatic rings. The second-order valence-electron chi connectivity index (χ2n) is 4.68. The van der Waals surface area contributed by atoms with Gasteiger partial charge in [-0.05, 0) is 13.5 Å². The van der Waals surface area contributed by atoms with Crippen LogP contribution in [-0.2, 0) is 19.1 Å². The van der Waals surface area contributed by atoms with Gasteiger partial charge in [-0.25, -0.2) is 4.79 Å². The predicted molar refractivity (Wildman–Crippen MR) is 59.4 cm³/mol. The molecule has 0 aromatic carbocycles. The van der Waals surface area contributed by atoms with Gasteiger partial charge in [-0.3, -0.25) is 4.79 Å². The number of piperidine rings is 1. The minimum absolute atomic E-state index is 0.0993. The van der Waals surface area contributed by atoms with Gasteiger partial charge in [0.15, 0.2) is 0 Å². The number of rotatable bonds is 3. The Morgan fingerprint density at radius 1 is 1.53 bits per heavy atom. The smallest absolute Gasteiger partial charge is 0.331 e. The fourth-order valence-electron chi connectivity index (χ4n) is 2.49. The molecule has 6 heteroatoms. The van der Waals surface area contributed by atoms with E-state index in [0.717, 1.165) is 13.0 Å². The number of carbonyl (C=O) groups is 2. The van der Waals surface area contributed by atoms with Gasteiger partial charge >= 0.3 is 5.97 Å². The normalized spacial score (nSPS) is 33.0. The number of ether oxygens (including phenoxy) is 2. The summed E-state index contributed by atoms with van der Waals surface area (Å²) < 4.78 is 10.1. The molecular weight excluding hydrogens is 224 g/mol. The van der Waals surface area contributed by atoms with E-state index >= 15 is 0 Å². The van der Waals surface area contributed by atoms with Gasteiger partial charge in [0.05, 0.1) is 7.11 Å². The molecule has 0 bridgehead atoms. The summed E-state index contributed by atoms with van der Waals surface area (Å²) in [4.78, 5) is 26.6. The van der Waals surface area contributed by atoms with Gasteiger partial charge in [-0.2, -0.15) is 0 Å². The maximum atomic E-state index is 11.7. The molecule has 0 N–H and O–H groups in total. The zero-order chi connectivity index (χ0) is 12.6. The zero-order valence-electron chi connectivity index (χ0n) is 10.4. The molecule has 2 heterocycles. The Balaban J connectivity index is 2.01. The molecule has 2 aliphatic rings. The second-order valence-corrected chi connectivity index (χ2v) is 4.68. The molecule has 1 amide bonds. The lowest BCUT2D eigenvalue weighted by Crippen LogP contribution is -2.51. The van der Waals surface area contributed by atoms with Crippen LogP contribution in [0.15, 0.2) is 0 Å². The second kappa shape index (κ2) is 4.27. The third-order valence-corrected chi connectivity index (χ3v) is 3.74. The highest BCUT2D eigenvalue weighted by Gasteiger charge is 2.66. The largest absolute Gasteiger partial charge is 0.467 e. The number of likely N-dealkylation sites (tertiary alicyclic amines) is 1. The van der Waals surface area contributed by atoms with Gasteiger partial charge in [0, 0.05) is 20.1 Å². The van der Waals surface area contributed by atoms with Crippen LogP contribution in [0.25, 0.3) is 0 Å². The van der Waals surface area contributed by atoms with E-state index in [1.54, 1.807) is 11.9 Å². The van der Waals surface area contributed by atoms with Gasteiger partial charge in [0.1, 0.15) is 18.2 Å². The minimum atomic E-state index is -0.499. The number of esters is 1. The van der Waals surface area contributed by atoms with Gasteiger partial charge in [0.2, 0.25) is 0 Å². The lowest BCUT2D eigenvalue weighted by atomic mass is 9.93. The predicted octanol–water partition coefficient (Wildman–Crippen LogP) is -0.909. The Kier molecular flexibility index (Phi) is 3.09. The molecule has 2 atom stereocenters. The van der Waals surface area contributed by atoms with Crippen molar-refractivity contribution in [3.05, 3.63) is 0 Å². The Bertz CT molecular complexity index is 346.